The molecule has 0 aliphatic heterocycles. The maximum absolute atomic E-state index is 13.6. The number of rotatable bonds is 6. The highest BCUT2D eigenvalue weighted by Gasteiger charge is 2.35. The molecule has 17 heteroatoms. The van der Waals surface area contributed by atoms with E-state index in [1.54, 1.807) is 25.1 Å². The van der Waals surface area contributed by atoms with E-state index >= 15 is 0 Å². The zero-order chi connectivity index (χ0) is 42.7. The van der Waals surface area contributed by atoms with Crippen LogP contribution in [0.4, 0.5) is 26.3 Å². The number of aryl methyl sites for hydroxylation is 1. The van der Waals surface area contributed by atoms with Gasteiger partial charge in [-0.15, -0.1) is 0 Å². The summed E-state index contributed by atoms with van der Waals surface area (Å²) in [5, 5.41) is 44.1. The Bertz CT molecular complexity index is 2530. The summed E-state index contributed by atoms with van der Waals surface area (Å²) in [4.78, 5) is 0. The molecule has 0 saturated carbocycles. The van der Waals surface area contributed by atoms with Crippen molar-refractivity contribution in [3.63, 3.8) is 0 Å². The molecule has 0 amide bonds. The van der Waals surface area contributed by atoms with E-state index in [1.807, 2.05) is 0 Å². The van der Waals surface area contributed by atoms with Crippen LogP contribution in [0.25, 0.3) is 44.5 Å². The molecule has 6 aromatic rings. The summed E-state index contributed by atoms with van der Waals surface area (Å²) < 4.78 is 81.3. The number of phenolic OH excluding ortho intramolecular Hbond substituents is 2. The largest absolute Gasteiger partial charge is 0.508 e. The van der Waals surface area contributed by atoms with E-state index in [4.69, 9.17) is 51.5 Å². The molecular formula is C41H29Cl3F6N4O4. The summed E-state index contributed by atoms with van der Waals surface area (Å²) in [5.74, 6) is -1.08. The Hall–Kier alpha value is -6.09. The summed E-state index contributed by atoms with van der Waals surface area (Å²) in [6.45, 7) is 1.79. The van der Waals surface area contributed by atoms with Crippen LogP contribution in [0.3, 0.4) is 0 Å². The van der Waals surface area contributed by atoms with Crippen molar-refractivity contribution in [2.75, 3.05) is 0 Å². The zero-order valence-electron chi connectivity index (χ0n) is 29.6. The van der Waals surface area contributed by atoms with E-state index < -0.39 is 35.2 Å². The van der Waals surface area contributed by atoms with Crippen molar-refractivity contribution in [1.29, 1.82) is 0 Å². The van der Waals surface area contributed by atoms with Gasteiger partial charge in [-0.25, -0.2) is 0 Å². The van der Waals surface area contributed by atoms with Crippen LogP contribution in [0.15, 0.2) is 120 Å². The topological polar surface area (TPSA) is 158 Å². The molecular weight excluding hydrogens is 833 g/mol. The Kier molecular flexibility index (Phi) is 12.8. The van der Waals surface area contributed by atoms with Gasteiger partial charge in [-0.2, -0.15) is 26.3 Å². The van der Waals surface area contributed by atoms with Crippen molar-refractivity contribution >= 4 is 46.5 Å². The van der Waals surface area contributed by atoms with E-state index in [-0.39, 0.29) is 44.3 Å². The Balaban J connectivity index is 0.000000221. The smallest absolute Gasteiger partial charge is 0.416 e. The molecule has 6 aromatic carbocycles. The lowest BCUT2D eigenvalue weighted by Gasteiger charge is -2.19. The third kappa shape index (κ3) is 9.71. The third-order valence-electron chi connectivity index (χ3n) is 8.58. The van der Waals surface area contributed by atoms with E-state index in [0.29, 0.717) is 37.9 Å². The van der Waals surface area contributed by atoms with E-state index in [9.17, 15) is 41.8 Å². The maximum atomic E-state index is 13.6. The van der Waals surface area contributed by atoms with Crippen LogP contribution in [-0.2, 0) is 12.4 Å². The number of hydrogen-bond acceptors (Lipinski definition) is 6. The minimum absolute atomic E-state index is 0.0301. The van der Waals surface area contributed by atoms with Gasteiger partial charge in [0.2, 0.25) is 0 Å². The van der Waals surface area contributed by atoms with Crippen molar-refractivity contribution in [3.8, 4) is 56.0 Å². The summed E-state index contributed by atoms with van der Waals surface area (Å²) in [6.07, 6.45) is -9.34. The second kappa shape index (κ2) is 17.2. The normalized spacial score (nSPS) is 12.2. The average Bonchev–Trinajstić information content (AvgIpc) is 3.17. The fraction of sp³-hybridized carbons (Fsp3) is 0.0732. The molecule has 8 nitrogen and oxygen atoms in total. The van der Waals surface area contributed by atoms with E-state index in [2.05, 4.69) is 10.3 Å². The van der Waals surface area contributed by atoms with Gasteiger partial charge in [-0.1, -0.05) is 75.4 Å². The van der Waals surface area contributed by atoms with Gasteiger partial charge in [-0.05, 0) is 119 Å². The minimum Gasteiger partial charge on any atom is -0.508 e. The van der Waals surface area contributed by atoms with Crippen LogP contribution in [0.5, 0.6) is 11.5 Å². The molecule has 0 aliphatic rings. The number of benzene rings is 6. The Morgan fingerprint density at radius 3 is 1.40 bits per heavy atom. The van der Waals surface area contributed by atoms with Crippen LogP contribution < -0.4 is 11.5 Å². The number of nitrogens with two attached hydrogens (primary N) is 2. The van der Waals surface area contributed by atoms with Crippen LogP contribution >= 0.6 is 34.8 Å². The molecule has 0 aromatic heterocycles. The van der Waals surface area contributed by atoms with Gasteiger partial charge in [0.05, 0.1) is 11.1 Å². The molecule has 0 unspecified atom stereocenters. The van der Waals surface area contributed by atoms with Gasteiger partial charge >= 0.3 is 12.4 Å². The lowest BCUT2D eigenvalue weighted by molar-refractivity contribution is -0.138. The van der Waals surface area contributed by atoms with Crippen LogP contribution in [-0.4, -0.2) is 32.3 Å². The minimum atomic E-state index is -4.69. The predicted octanol–water partition coefficient (Wildman–Crippen LogP) is 11.9. The number of halogens is 9. The highest BCUT2D eigenvalue weighted by atomic mass is 35.5. The first kappa shape index (κ1) is 43.0. The van der Waals surface area contributed by atoms with Crippen molar-refractivity contribution < 1.29 is 47.0 Å². The Morgan fingerprint density at radius 2 is 0.966 bits per heavy atom. The fourth-order valence-corrected chi connectivity index (χ4v) is 6.71. The first-order valence-electron chi connectivity index (χ1n) is 16.5. The second-order valence-electron chi connectivity index (χ2n) is 12.6. The third-order valence-corrected chi connectivity index (χ3v) is 9.37. The van der Waals surface area contributed by atoms with Crippen LogP contribution in [0.2, 0.25) is 15.1 Å². The number of oxime groups is 2. The number of phenols is 2. The summed E-state index contributed by atoms with van der Waals surface area (Å²) in [6, 6.07) is 24.4. The molecule has 0 atom stereocenters. The molecule has 8 N–H and O–H groups in total. The van der Waals surface area contributed by atoms with Crippen molar-refractivity contribution in [2.24, 2.45) is 21.8 Å². The first-order chi connectivity index (χ1) is 27.2. The van der Waals surface area contributed by atoms with E-state index in [0.717, 1.165) is 29.8 Å². The van der Waals surface area contributed by atoms with Crippen LogP contribution in [0, 0.1) is 6.92 Å². The number of alkyl halides is 6. The number of hydrogen-bond donors (Lipinski definition) is 6. The monoisotopic (exact) mass is 860 g/mol. The summed E-state index contributed by atoms with van der Waals surface area (Å²) in [7, 11) is 0. The molecule has 0 fully saturated rings. The van der Waals surface area contributed by atoms with Gasteiger partial charge in [0.25, 0.3) is 0 Å². The van der Waals surface area contributed by atoms with Gasteiger partial charge in [0.15, 0.2) is 11.7 Å². The SMILES string of the molecule is Cc1cc(Cl)cc(-c2c(C(N)=NO)cc(C(F)(F)F)cc2-c2ccc(O)cc2)c1.NC(=NO)c1cc(C(F)(F)F)cc(-c2ccc(O)cc2)c1-c1cc(Cl)ccc1Cl. The lowest BCUT2D eigenvalue weighted by Crippen LogP contribution is -2.17. The average molecular weight is 862 g/mol. The lowest BCUT2D eigenvalue weighted by atomic mass is 9.87. The Labute approximate surface area is 341 Å². The highest BCUT2D eigenvalue weighted by molar-refractivity contribution is 6.36. The van der Waals surface area contributed by atoms with Gasteiger partial charge < -0.3 is 32.1 Å². The van der Waals surface area contributed by atoms with Crippen molar-refractivity contribution in [3.05, 3.63) is 152 Å². The van der Waals surface area contributed by atoms with Crippen molar-refractivity contribution in [1.82, 2.24) is 0 Å². The van der Waals surface area contributed by atoms with E-state index in [1.165, 1.54) is 66.7 Å². The van der Waals surface area contributed by atoms with Crippen LogP contribution in [0.1, 0.15) is 27.8 Å². The number of nitrogens with zero attached hydrogens (tertiary/aromatic N) is 2. The Morgan fingerprint density at radius 1 is 0.517 bits per heavy atom. The van der Waals surface area contributed by atoms with Gasteiger partial charge in [0, 0.05) is 42.9 Å². The number of amidine groups is 2. The fourth-order valence-electron chi connectivity index (χ4n) is 6.03. The molecule has 0 aliphatic carbocycles. The summed E-state index contributed by atoms with van der Waals surface area (Å²) >= 11 is 18.5. The zero-order valence-corrected chi connectivity index (χ0v) is 31.9. The second-order valence-corrected chi connectivity index (χ2v) is 13.9. The molecule has 0 spiro atoms. The number of aromatic hydroxyl groups is 2. The molecule has 0 saturated heterocycles. The molecule has 300 valence electrons. The maximum Gasteiger partial charge on any atom is 0.416 e. The molecule has 6 rings (SSSR count). The highest BCUT2D eigenvalue weighted by Crippen LogP contribution is 2.45. The molecule has 58 heavy (non-hydrogen) atoms. The molecule has 0 radical (unpaired) electrons. The predicted molar refractivity (Wildman–Crippen MR) is 213 cm³/mol. The molecule has 0 bridgehead atoms. The summed E-state index contributed by atoms with van der Waals surface area (Å²) in [5.41, 5.74) is 12.5. The molecule has 0 heterocycles. The quantitative estimate of drug-likeness (QED) is 0.0322. The van der Waals surface area contributed by atoms with Gasteiger partial charge in [0.1, 0.15) is 11.5 Å². The van der Waals surface area contributed by atoms with Crippen molar-refractivity contribution in [2.45, 2.75) is 19.3 Å². The first-order valence-corrected chi connectivity index (χ1v) is 17.6. The van der Waals surface area contributed by atoms with Gasteiger partial charge in [-0.3, -0.25) is 0 Å². The standard InChI is InChI=1S/C21H16ClF3N2O2.C20H13Cl2F3N2O2/c1-11-6-13(8-15(22)7-11)19-17(12-2-4-16(28)5-3-12)9-14(21(23,24)25)10-18(19)20(26)27-29;21-12-3-6-17(22)15(9-12)18-14(10-1-4-13(28)5-2-10)7-11(20(23,24)25)8-16(18)19(26)27-29/h2-10,28-29H,1H3,(H2,26,27);1-9,28-29H,(H2,26,27).